The summed E-state index contributed by atoms with van der Waals surface area (Å²) in [6, 6.07) is 7.00. The summed E-state index contributed by atoms with van der Waals surface area (Å²) in [7, 11) is 0. The van der Waals surface area contributed by atoms with Crippen LogP contribution in [0.25, 0.3) is 11.3 Å². The van der Waals surface area contributed by atoms with Crippen LogP contribution < -0.4 is 5.73 Å². The van der Waals surface area contributed by atoms with Gasteiger partial charge in [0.2, 0.25) is 0 Å². The highest BCUT2D eigenvalue weighted by molar-refractivity contribution is 9.10. The van der Waals surface area contributed by atoms with Gasteiger partial charge in [0.05, 0.1) is 5.56 Å². The molecule has 7 heteroatoms. The maximum Gasteiger partial charge on any atom is 0.271 e. The molecule has 0 fully saturated rings. The molecule has 84 valence electrons. The minimum absolute atomic E-state index is 0.0709. The van der Waals surface area contributed by atoms with Crippen LogP contribution in [0.5, 0.6) is 0 Å². The van der Waals surface area contributed by atoms with E-state index in [1.54, 1.807) is 18.2 Å². The molecule has 1 aromatic carbocycles. The normalized spacial score (nSPS) is 9.88. The molecule has 6 nitrogen and oxygen atoms in total. The Bertz CT molecular complexity index is 628. The molecule has 2 rings (SSSR count). The largest absolute Gasteiger partial charge is 0.364 e. The number of aromatic amines is 1. The van der Waals surface area contributed by atoms with Crippen molar-refractivity contribution in [3.8, 4) is 17.3 Å². The second-order valence-corrected chi connectivity index (χ2v) is 4.05. The van der Waals surface area contributed by atoms with Crippen LogP contribution in [-0.4, -0.2) is 21.3 Å². The molecule has 1 heterocycles. The summed E-state index contributed by atoms with van der Waals surface area (Å²) in [5.74, 6) is -0.658. The van der Waals surface area contributed by atoms with Gasteiger partial charge in [-0.15, -0.1) is 0 Å². The lowest BCUT2D eigenvalue weighted by Gasteiger charge is -2.00. The van der Waals surface area contributed by atoms with Gasteiger partial charge in [-0.05, 0) is 28.1 Å². The van der Waals surface area contributed by atoms with E-state index in [0.717, 1.165) is 0 Å². The van der Waals surface area contributed by atoms with Crippen LogP contribution in [0.4, 0.5) is 0 Å². The van der Waals surface area contributed by atoms with Gasteiger partial charge in [-0.3, -0.25) is 4.79 Å². The van der Waals surface area contributed by atoms with Crippen LogP contribution in [0.3, 0.4) is 0 Å². The monoisotopic (exact) mass is 291 g/mol. The number of hydrogen-bond donors (Lipinski definition) is 2. The van der Waals surface area contributed by atoms with Crippen LogP contribution in [-0.2, 0) is 0 Å². The van der Waals surface area contributed by atoms with Gasteiger partial charge in [0, 0.05) is 10.0 Å². The molecule has 0 aliphatic heterocycles. The topological polar surface area (TPSA) is 108 Å². The van der Waals surface area contributed by atoms with E-state index in [1.165, 1.54) is 0 Å². The molecule has 17 heavy (non-hydrogen) atoms. The molecule has 2 aromatic rings. The zero-order valence-electron chi connectivity index (χ0n) is 8.44. The van der Waals surface area contributed by atoms with Crippen LogP contribution in [0.2, 0.25) is 0 Å². The zero-order valence-corrected chi connectivity index (χ0v) is 10.0. The fourth-order valence-electron chi connectivity index (χ4n) is 1.36. The SMILES string of the molecule is N#Cc1ccc(-c2n[nH]nc2C(N)=O)cc1Br. The third kappa shape index (κ3) is 2.03. The fourth-order valence-corrected chi connectivity index (χ4v) is 1.82. The first-order valence-corrected chi connectivity index (χ1v) is 5.33. The lowest BCUT2D eigenvalue weighted by atomic mass is 10.1. The highest BCUT2D eigenvalue weighted by Gasteiger charge is 2.15. The fraction of sp³-hybridized carbons (Fsp3) is 0. The number of halogens is 1. The van der Waals surface area contributed by atoms with Crippen molar-refractivity contribution >= 4 is 21.8 Å². The molecule has 0 unspecified atom stereocenters. The number of nitriles is 1. The molecule has 1 amide bonds. The summed E-state index contributed by atoms with van der Waals surface area (Å²) >= 11 is 3.26. The molecule has 3 N–H and O–H groups in total. The highest BCUT2D eigenvalue weighted by Crippen LogP contribution is 2.25. The quantitative estimate of drug-likeness (QED) is 0.866. The van der Waals surface area contributed by atoms with Crippen LogP contribution in [0.15, 0.2) is 22.7 Å². The Labute approximate surface area is 105 Å². The van der Waals surface area contributed by atoms with Crippen LogP contribution >= 0.6 is 15.9 Å². The van der Waals surface area contributed by atoms with Gasteiger partial charge in [0.15, 0.2) is 5.69 Å². The van der Waals surface area contributed by atoms with Gasteiger partial charge in [0.25, 0.3) is 5.91 Å². The first-order valence-electron chi connectivity index (χ1n) is 4.54. The van der Waals surface area contributed by atoms with E-state index < -0.39 is 5.91 Å². The zero-order chi connectivity index (χ0) is 12.4. The summed E-state index contributed by atoms with van der Waals surface area (Å²) in [4.78, 5) is 11.1. The van der Waals surface area contributed by atoms with E-state index in [1.807, 2.05) is 6.07 Å². The average molecular weight is 292 g/mol. The van der Waals surface area contributed by atoms with Gasteiger partial charge >= 0.3 is 0 Å². The molecule has 0 bridgehead atoms. The molecular weight excluding hydrogens is 286 g/mol. The van der Waals surface area contributed by atoms with Gasteiger partial charge < -0.3 is 5.73 Å². The van der Waals surface area contributed by atoms with Crippen molar-refractivity contribution in [1.82, 2.24) is 15.4 Å². The molecule has 0 spiro atoms. The maximum absolute atomic E-state index is 11.1. The van der Waals surface area contributed by atoms with Gasteiger partial charge in [0.1, 0.15) is 11.8 Å². The van der Waals surface area contributed by atoms with E-state index >= 15 is 0 Å². The maximum atomic E-state index is 11.1. The van der Waals surface area contributed by atoms with Crippen molar-refractivity contribution in [1.29, 1.82) is 5.26 Å². The Balaban J connectivity index is 2.55. The third-order valence-corrected chi connectivity index (χ3v) is 2.80. The average Bonchev–Trinajstić information content (AvgIpc) is 2.77. The predicted molar refractivity (Wildman–Crippen MR) is 62.8 cm³/mol. The lowest BCUT2D eigenvalue weighted by molar-refractivity contribution is 0.0996. The van der Waals surface area contributed by atoms with Crippen molar-refractivity contribution in [3.63, 3.8) is 0 Å². The van der Waals surface area contributed by atoms with Crippen molar-refractivity contribution in [3.05, 3.63) is 33.9 Å². The molecule has 0 atom stereocenters. The number of primary amides is 1. The summed E-state index contributed by atoms with van der Waals surface area (Å²) in [5.41, 5.74) is 6.75. The number of rotatable bonds is 2. The first-order chi connectivity index (χ1) is 8.13. The number of amides is 1. The number of hydrogen-bond acceptors (Lipinski definition) is 4. The number of carbonyl (C=O) groups excluding carboxylic acids is 1. The molecule has 0 radical (unpaired) electrons. The number of nitrogens with two attached hydrogens (primary N) is 1. The molecule has 1 aromatic heterocycles. The van der Waals surface area contributed by atoms with E-state index in [2.05, 4.69) is 31.3 Å². The molecular formula is C10H6BrN5O. The van der Waals surface area contributed by atoms with E-state index in [0.29, 0.717) is 21.3 Å². The Morgan fingerprint density at radius 2 is 2.24 bits per heavy atom. The second kappa shape index (κ2) is 4.35. The summed E-state index contributed by atoms with van der Waals surface area (Å²) in [6.07, 6.45) is 0. The predicted octanol–water partition coefficient (Wildman–Crippen LogP) is 1.20. The first kappa shape index (κ1) is 11.3. The Morgan fingerprint density at radius 3 is 2.82 bits per heavy atom. The number of carbonyl (C=O) groups is 1. The van der Waals surface area contributed by atoms with Gasteiger partial charge in [-0.1, -0.05) is 6.07 Å². The molecule has 0 aliphatic rings. The van der Waals surface area contributed by atoms with E-state index in [4.69, 9.17) is 11.0 Å². The summed E-state index contributed by atoms with van der Waals surface area (Å²) in [5, 5.41) is 18.7. The minimum Gasteiger partial charge on any atom is -0.364 e. The molecule has 0 aliphatic carbocycles. The van der Waals surface area contributed by atoms with Gasteiger partial charge in [-0.25, -0.2) is 0 Å². The minimum atomic E-state index is -0.658. The summed E-state index contributed by atoms with van der Waals surface area (Å²) < 4.78 is 0.621. The smallest absolute Gasteiger partial charge is 0.271 e. The second-order valence-electron chi connectivity index (χ2n) is 3.19. The standard InChI is InChI=1S/C10H6BrN5O/c11-7-3-5(1-2-6(7)4-12)8-9(10(13)17)15-16-14-8/h1-3H,(H2,13,17)(H,14,15,16). The molecule has 0 saturated carbocycles. The van der Waals surface area contributed by atoms with Crippen molar-refractivity contribution < 1.29 is 4.79 Å². The Hall–Kier alpha value is -2.20. The van der Waals surface area contributed by atoms with Crippen molar-refractivity contribution in [2.75, 3.05) is 0 Å². The van der Waals surface area contributed by atoms with E-state index in [-0.39, 0.29) is 5.69 Å². The Morgan fingerprint density at radius 1 is 1.47 bits per heavy atom. The lowest BCUT2D eigenvalue weighted by Crippen LogP contribution is -2.12. The van der Waals surface area contributed by atoms with E-state index in [9.17, 15) is 4.79 Å². The highest BCUT2D eigenvalue weighted by atomic mass is 79.9. The number of benzene rings is 1. The number of aromatic nitrogens is 3. The Kier molecular flexibility index (Phi) is 2.89. The third-order valence-electron chi connectivity index (χ3n) is 2.14. The van der Waals surface area contributed by atoms with Crippen LogP contribution in [0, 0.1) is 11.3 Å². The number of nitrogens with zero attached hydrogens (tertiary/aromatic N) is 3. The van der Waals surface area contributed by atoms with Gasteiger partial charge in [-0.2, -0.15) is 20.7 Å². The van der Waals surface area contributed by atoms with Crippen molar-refractivity contribution in [2.45, 2.75) is 0 Å². The number of nitrogens with one attached hydrogen (secondary N) is 1. The molecule has 0 saturated heterocycles. The number of H-pyrrole nitrogens is 1. The summed E-state index contributed by atoms with van der Waals surface area (Å²) in [6.45, 7) is 0. The van der Waals surface area contributed by atoms with Crippen molar-refractivity contribution in [2.24, 2.45) is 5.73 Å². The van der Waals surface area contributed by atoms with Crippen LogP contribution in [0.1, 0.15) is 16.1 Å².